The number of carbonyl (C=O) groups is 1. The molecule has 0 bridgehead atoms. The van der Waals surface area contributed by atoms with E-state index in [0.29, 0.717) is 28.9 Å². The van der Waals surface area contributed by atoms with Gasteiger partial charge in [-0.25, -0.2) is 0 Å². The lowest BCUT2D eigenvalue weighted by Gasteiger charge is -2.09. The van der Waals surface area contributed by atoms with Crippen LogP contribution in [0.1, 0.15) is 23.1 Å². The number of nitrogens with zero attached hydrogens (tertiary/aromatic N) is 4. The lowest BCUT2D eigenvalue weighted by atomic mass is 10.1. The largest absolute Gasteiger partial charge is 0.352 e. The number of benzene rings is 2. The van der Waals surface area contributed by atoms with Crippen molar-refractivity contribution >= 4 is 29.3 Å². The predicted octanol–water partition coefficient (Wildman–Crippen LogP) is 3.73. The number of hydrogen-bond donors (Lipinski definition) is 1. The molecule has 3 aromatic rings. The second-order valence-electron chi connectivity index (χ2n) is 6.06. The van der Waals surface area contributed by atoms with Gasteiger partial charge in [0, 0.05) is 23.7 Å². The molecule has 0 radical (unpaired) electrons. The van der Waals surface area contributed by atoms with Gasteiger partial charge in [0.15, 0.2) is 0 Å². The van der Waals surface area contributed by atoms with Crippen LogP contribution in [0.5, 0.6) is 0 Å². The van der Waals surface area contributed by atoms with Crippen molar-refractivity contribution in [2.45, 2.75) is 32.0 Å². The second-order valence-corrected chi connectivity index (χ2v) is 7.53. The molecule has 0 saturated carbocycles. The van der Waals surface area contributed by atoms with Crippen LogP contribution < -0.4 is 5.32 Å². The third kappa shape index (κ3) is 4.87. The van der Waals surface area contributed by atoms with E-state index >= 15 is 0 Å². The normalized spacial score (nSPS) is 10.8. The number of thioether (sulfide) groups is 1. The minimum atomic E-state index is -0.0341. The first-order chi connectivity index (χ1) is 13.1. The quantitative estimate of drug-likeness (QED) is 0.610. The SMILES string of the molecule is Cc1cccc(-n2nnnc2SCCC(=O)NCc2ccccc2Cl)c1C. The highest BCUT2D eigenvalue weighted by Crippen LogP contribution is 2.22. The van der Waals surface area contributed by atoms with E-state index in [4.69, 9.17) is 11.6 Å². The summed E-state index contributed by atoms with van der Waals surface area (Å²) in [6.45, 7) is 4.52. The molecular weight excluding hydrogens is 382 g/mol. The Morgan fingerprint density at radius 1 is 1.19 bits per heavy atom. The molecule has 0 unspecified atom stereocenters. The zero-order valence-electron chi connectivity index (χ0n) is 15.1. The van der Waals surface area contributed by atoms with Crippen molar-refractivity contribution in [2.75, 3.05) is 5.75 Å². The summed E-state index contributed by atoms with van der Waals surface area (Å²) in [6.07, 6.45) is 0.370. The van der Waals surface area contributed by atoms with E-state index in [2.05, 4.69) is 33.8 Å². The predicted molar refractivity (Wildman–Crippen MR) is 107 cm³/mol. The number of rotatable bonds is 7. The van der Waals surface area contributed by atoms with E-state index in [9.17, 15) is 4.79 Å². The van der Waals surface area contributed by atoms with E-state index in [0.717, 1.165) is 16.8 Å². The zero-order valence-corrected chi connectivity index (χ0v) is 16.7. The van der Waals surface area contributed by atoms with Crippen LogP contribution in [0.4, 0.5) is 0 Å². The second kappa shape index (κ2) is 9.01. The molecule has 0 aliphatic carbocycles. The van der Waals surface area contributed by atoms with Crippen molar-refractivity contribution in [1.82, 2.24) is 25.5 Å². The van der Waals surface area contributed by atoms with E-state index < -0.39 is 0 Å². The third-order valence-corrected chi connectivity index (χ3v) is 5.53. The van der Waals surface area contributed by atoms with Crippen molar-refractivity contribution in [1.29, 1.82) is 0 Å². The fourth-order valence-electron chi connectivity index (χ4n) is 2.54. The Kier molecular flexibility index (Phi) is 6.47. The topological polar surface area (TPSA) is 72.7 Å². The first kappa shape index (κ1) is 19.4. The number of halogens is 1. The molecule has 1 aromatic heterocycles. The van der Waals surface area contributed by atoms with Crippen molar-refractivity contribution in [3.63, 3.8) is 0 Å². The number of amides is 1. The molecule has 2 aromatic carbocycles. The van der Waals surface area contributed by atoms with Crippen molar-refractivity contribution in [3.05, 3.63) is 64.2 Å². The van der Waals surface area contributed by atoms with Crippen LogP contribution in [0.15, 0.2) is 47.6 Å². The van der Waals surface area contributed by atoms with Gasteiger partial charge in [-0.3, -0.25) is 4.79 Å². The number of aromatic nitrogens is 4. The van der Waals surface area contributed by atoms with E-state index in [-0.39, 0.29) is 5.91 Å². The van der Waals surface area contributed by atoms with Gasteiger partial charge >= 0.3 is 0 Å². The van der Waals surface area contributed by atoms with Gasteiger partial charge in [-0.1, -0.05) is 53.7 Å². The zero-order chi connectivity index (χ0) is 19.2. The van der Waals surface area contributed by atoms with Crippen molar-refractivity contribution < 1.29 is 4.79 Å². The fourth-order valence-corrected chi connectivity index (χ4v) is 3.57. The number of hydrogen-bond acceptors (Lipinski definition) is 5. The van der Waals surface area contributed by atoms with Gasteiger partial charge in [0.1, 0.15) is 0 Å². The minimum absolute atomic E-state index is 0.0341. The molecule has 3 rings (SSSR count). The van der Waals surface area contributed by atoms with Crippen LogP contribution in [0.3, 0.4) is 0 Å². The maximum atomic E-state index is 12.1. The number of nitrogens with one attached hydrogen (secondary N) is 1. The summed E-state index contributed by atoms with van der Waals surface area (Å²) >= 11 is 7.55. The Morgan fingerprint density at radius 2 is 2.00 bits per heavy atom. The summed E-state index contributed by atoms with van der Waals surface area (Å²) in [5.41, 5.74) is 4.16. The molecule has 140 valence electrons. The average molecular weight is 402 g/mol. The van der Waals surface area contributed by atoms with Crippen LogP contribution in [0.25, 0.3) is 5.69 Å². The molecule has 0 aliphatic heterocycles. The highest BCUT2D eigenvalue weighted by molar-refractivity contribution is 7.99. The summed E-state index contributed by atoms with van der Waals surface area (Å²) in [7, 11) is 0. The molecule has 1 N–H and O–H groups in total. The number of tetrazole rings is 1. The van der Waals surface area contributed by atoms with E-state index in [1.807, 2.05) is 43.3 Å². The molecule has 0 atom stereocenters. The summed E-state index contributed by atoms with van der Waals surface area (Å²) in [5, 5.41) is 16.2. The maximum absolute atomic E-state index is 12.1. The Hall–Kier alpha value is -2.38. The van der Waals surface area contributed by atoms with Crippen LogP contribution in [-0.4, -0.2) is 31.9 Å². The molecule has 6 nitrogen and oxygen atoms in total. The first-order valence-corrected chi connectivity index (χ1v) is 9.90. The molecule has 27 heavy (non-hydrogen) atoms. The van der Waals surface area contributed by atoms with Gasteiger partial charge in [0.2, 0.25) is 11.1 Å². The Bertz CT molecular complexity index is 943. The summed E-state index contributed by atoms with van der Waals surface area (Å²) in [5.74, 6) is 0.549. The van der Waals surface area contributed by atoms with Crippen LogP contribution >= 0.6 is 23.4 Å². The first-order valence-electron chi connectivity index (χ1n) is 8.54. The molecule has 1 heterocycles. The molecule has 0 fully saturated rings. The fraction of sp³-hybridized carbons (Fsp3) is 0.263. The molecule has 0 saturated heterocycles. The molecule has 8 heteroatoms. The number of aryl methyl sites for hydroxylation is 1. The number of carbonyl (C=O) groups excluding carboxylic acids is 1. The standard InChI is InChI=1S/C19H20ClN5OS/c1-13-6-5-9-17(14(13)2)25-19(22-23-24-25)27-11-10-18(26)21-12-15-7-3-4-8-16(15)20/h3-9H,10-12H2,1-2H3,(H,21,26). The van der Waals surface area contributed by atoms with Crippen LogP contribution in [0.2, 0.25) is 5.02 Å². The van der Waals surface area contributed by atoms with Gasteiger partial charge < -0.3 is 5.32 Å². The molecule has 0 aliphatic rings. The summed E-state index contributed by atoms with van der Waals surface area (Å²) in [6, 6.07) is 13.5. The summed E-state index contributed by atoms with van der Waals surface area (Å²) in [4.78, 5) is 12.1. The van der Waals surface area contributed by atoms with E-state index in [1.54, 1.807) is 4.68 Å². The minimum Gasteiger partial charge on any atom is -0.352 e. The Labute approximate surface area is 167 Å². The molecular formula is C19H20ClN5OS. The smallest absolute Gasteiger partial charge is 0.221 e. The lowest BCUT2D eigenvalue weighted by Crippen LogP contribution is -2.23. The summed E-state index contributed by atoms with van der Waals surface area (Å²) < 4.78 is 1.72. The van der Waals surface area contributed by atoms with Gasteiger partial charge in [-0.2, -0.15) is 4.68 Å². The molecule has 1 amide bonds. The van der Waals surface area contributed by atoms with Gasteiger partial charge in [0.05, 0.1) is 5.69 Å². The monoisotopic (exact) mass is 401 g/mol. The molecule has 0 spiro atoms. The Balaban J connectivity index is 1.54. The lowest BCUT2D eigenvalue weighted by molar-refractivity contribution is -0.120. The Morgan fingerprint density at radius 3 is 2.81 bits per heavy atom. The average Bonchev–Trinajstić information content (AvgIpc) is 3.11. The highest BCUT2D eigenvalue weighted by Gasteiger charge is 2.13. The third-order valence-electron chi connectivity index (χ3n) is 4.24. The van der Waals surface area contributed by atoms with Crippen molar-refractivity contribution in [3.8, 4) is 5.69 Å². The van der Waals surface area contributed by atoms with Gasteiger partial charge in [0.25, 0.3) is 0 Å². The van der Waals surface area contributed by atoms with Crippen LogP contribution in [-0.2, 0) is 11.3 Å². The van der Waals surface area contributed by atoms with Gasteiger partial charge in [-0.15, -0.1) is 5.10 Å². The van der Waals surface area contributed by atoms with E-state index in [1.165, 1.54) is 17.3 Å². The highest BCUT2D eigenvalue weighted by atomic mass is 35.5. The van der Waals surface area contributed by atoms with Crippen LogP contribution in [0, 0.1) is 13.8 Å². The van der Waals surface area contributed by atoms with Crippen molar-refractivity contribution in [2.24, 2.45) is 0 Å². The van der Waals surface area contributed by atoms with Gasteiger partial charge in [-0.05, 0) is 53.1 Å². The maximum Gasteiger partial charge on any atom is 0.221 e.